The summed E-state index contributed by atoms with van der Waals surface area (Å²) in [5.41, 5.74) is 4.75. The van der Waals surface area contributed by atoms with Crippen molar-refractivity contribution in [3.63, 3.8) is 0 Å². The number of amides is 3. The number of hydrogen-bond donors (Lipinski definition) is 1. The van der Waals surface area contributed by atoms with Gasteiger partial charge in [0.05, 0.1) is 11.4 Å². The third-order valence-electron chi connectivity index (χ3n) is 5.90. The first kappa shape index (κ1) is 26.0. The molecule has 7 nitrogen and oxygen atoms in total. The Bertz CT molecular complexity index is 1330. The van der Waals surface area contributed by atoms with Gasteiger partial charge < -0.3 is 14.8 Å². The molecule has 190 valence electrons. The maximum absolute atomic E-state index is 12.7. The number of ether oxygens (including phenoxy) is 2. The number of thioether (sulfide) groups is 1. The van der Waals surface area contributed by atoms with E-state index in [1.54, 1.807) is 30.3 Å². The van der Waals surface area contributed by atoms with Gasteiger partial charge in [-0.3, -0.25) is 19.3 Å². The second kappa shape index (κ2) is 11.8. The number of anilines is 1. The van der Waals surface area contributed by atoms with Gasteiger partial charge in [-0.15, -0.1) is 0 Å². The van der Waals surface area contributed by atoms with Crippen LogP contribution in [0.4, 0.5) is 10.5 Å². The van der Waals surface area contributed by atoms with Crippen LogP contribution in [0.1, 0.15) is 22.3 Å². The molecule has 1 saturated heterocycles. The average Bonchev–Trinajstić information content (AvgIpc) is 3.15. The number of nitrogens with zero attached hydrogens (tertiary/aromatic N) is 1. The lowest BCUT2D eigenvalue weighted by atomic mass is 10.1. The van der Waals surface area contributed by atoms with Crippen LogP contribution in [0.15, 0.2) is 71.6 Å². The van der Waals surface area contributed by atoms with Crippen LogP contribution in [-0.4, -0.2) is 41.7 Å². The molecule has 8 heteroatoms. The van der Waals surface area contributed by atoms with Gasteiger partial charge in [-0.1, -0.05) is 42.0 Å². The van der Waals surface area contributed by atoms with E-state index in [9.17, 15) is 14.4 Å². The van der Waals surface area contributed by atoms with Gasteiger partial charge in [-0.2, -0.15) is 0 Å². The Morgan fingerprint density at radius 2 is 1.59 bits per heavy atom. The Morgan fingerprint density at radius 1 is 0.919 bits per heavy atom. The molecule has 3 aromatic rings. The van der Waals surface area contributed by atoms with E-state index in [2.05, 4.69) is 5.32 Å². The Kier molecular flexibility index (Phi) is 8.30. The Hall–Kier alpha value is -4.04. The molecule has 3 aromatic carbocycles. The molecule has 0 atom stereocenters. The maximum atomic E-state index is 12.7. The van der Waals surface area contributed by atoms with Crippen LogP contribution in [-0.2, 0) is 9.59 Å². The van der Waals surface area contributed by atoms with E-state index in [1.807, 2.05) is 63.2 Å². The fourth-order valence-corrected chi connectivity index (χ4v) is 4.48. The molecule has 4 rings (SSSR count). The molecular formula is C29H28N2O5S. The van der Waals surface area contributed by atoms with E-state index >= 15 is 0 Å². The van der Waals surface area contributed by atoms with Crippen LogP contribution in [0.3, 0.4) is 0 Å². The van der Waals surface area contributed by atoms with Crippen molar-refractivity contribution in [3.8, 4) is 11.5 Å². The third-order valence-corrected chi connectivity index (χ3v) is 6.81. The third kappa shape index (κ3) is 6.80. The molecule has 3 amide bonds. The highest BCUT2D eigenvalue weighted by atomic mass is 32.2. The summed E-state index contributed by atoms with van der Waals surface area (Å²) in [5, 5.41) is 2.54. The fraction of sp³-hybridized carbons (Fsp3) is 0.207. The van der Waals surface area contributed by atoms with E-state index in [-0.39, 0.29) is 36.8 Å². The highest BCUT2D eigenvalue weighted by Gasteiger charge is 2.34. The quantitative estimate of drug-likeness (QED) is 0.365. The lowest BCUT2D eigenvalue weighted by Crippen LogP contribution is -2.32. The number of aryl methyl sites for hydroxylation is 2. The van der Waals surface area contributed by atoms with Gasteiger partial charge in [0.1, 0.15) is 18.1 Å². The molecule has 0 aromatic heterocycles. The largest absolute Gasteiger partial charge is 0.492 e. The van der Waals surface area contributed by atoms with E-state index in [0.717, 1.165) is 39.7 Å². The molecule has 0 radical (unpaired) electrons. The monoisotopic (exact) mass is 516 g/mol. The number of hydrogen-bond acceptors (Lipinski definition) is 6. The Balaban J connectivity index is 1.28. The number of carbonyl (C=O) groups is 3. The summed E-state index contributed by atoms with van der Waals surface area (Å²) < 4.78 is 11.2. The van der Waals surface area contributed by atoms with E-state index < -0.39 is 0 Å². The van der Waals surface area contributed by atoms with Crippen molar-refractivity contribution >= 4 is 40.6 Å². The zero-order valence-corrected chi connectivity index (χ0v) is 21.8. The minimum atomic E-state index is -0.342. The minimum absolute atomic E-state index is 0.129. The summed E-state index contributed by atoms with van der Waals surface area (Å²) in [6, 6.07) is 20.3. The summed E-state index contributed by atoms with van der Waals surface area (Å²) in [6.45, 7) is 6.20. The smallest absolute Gasteiger partial charge is 0.293 e. The van der Waals surface area contributed by atoms with Crippen molar-refractivity contribution in [1.29, 1.82) is 0 Å². The number of carbonyl (C=O) groups excluding carboxylic acids is 3. The van der Waals surface area contributed by atoms with Gasteiger partial charge in [-0.25, -0.2) is 0 Å². The van der Waals surface area contributed by atoms with E-state index in [0.29, 0.717) is 16.4 Å². The molecular weight excluding hydrogens is 488 g/mol. The molecule has 0 aliphatic carbocycles. The SMILES string of the molecule is Cc1ccc(OCCN2C(=O)S/C(=C\c3ccc(OCC(=O)Nc4cccc(C)c4C)cc3)C2=O)cc1. The fourth-order valence-electron chi connectivity index (χ4n) is 3.62. The van der Waals surface area contributed by atoms with Crippen molar-refractivity contribution < 1.29 is 23.9 Å². The van der Waals surface area contributed by atoms with Crippen LogP contribution in [0.25, 0.3) is 6.08 Å². The van der Waals surface area contributed by atoms with Gasteiger partial charge in [0.25, 0.3) is 17.1 Å². The molecule has 37 heavy (non-hydrogen) atoms. The number of nitrogens with one attached hydrogen (secondary N) is 1. The summed E-state index contributed by atoms with van der Waals surface area (Å²) in [5.74, 6) is 0.622. The molecule has 1 heterocycles. The van der Waals surface area contributed by atoms with Crippen molar-refractivity contribution in [1.82, 2.24) is 4.90 Å². The van der Waals surface area contributed by atoms with Crippen molar-refractivity contribution in [2.45, 2.75) is 20.8 Å². The van der Waals surface area contributed by atoms with Gasteiger partial charge >= 0.3 is 0 Å². The molecule has 0 unspecified atom stereocenters. The minimum Gasteiger partial charge on any atom is -0.492 e. The normalized spacial score (nSPS) is 14.2. The predicted molar refractivity (Wildman–Crippen MR) is 146 cm³/mol. The molecule has 0 bridgehead atoms. The molecule has 1 fully saturated rings. The van der Waals surface area contributed by atoms with Gasteiger partial charge in [-0.05, 0) is 85.6 Å². The van der Waals surface area contributed by atoms with Crippen LogP contribution in [0.5, 0.6) is 11.5 Å². The number of benzene rings is 3. The summed E-state index contributed by atoms with van der Waals surface area (Å²) >= 11 is 0.905. The molecule has 1 N–H and O–H groups in total. The van der Waals surface area contributed by atoms with Crippen molar-refractivity contribution in [3.05, 3.63) is 93.9 Å². The molecule has 1 aliphatic heterocycles. The first-order valence-electron chi connectivity index (χ1n) is 11.8. The van der Waals surface area contributed by atoms with Gasteiger partial charge in [0.2, 0.25) is 0 Å². The average molecular weight is 517 g/mol. The van der Waals surface area contributed by atoms with Crippen LogP contribution in [0, 0.1) is 20.8 Å². The second-order valence-electron chi connectivity index (χ2n) is 8.65. The lowest BCUT2D eigenvalue weighted by Gasteiger charge is -2.13. The maximum Gasteiger partial charge on any atom is 0.293 e. The first-order valence-corrected chi connectivity index (χ1v) is 12.7. The summed E-state index contributed by atoms with van der Waals surface area (Å²) in [4.78, 5) is 38.9. The van der Waals surface area contributed by atoms with Gasteiger partial charge in [0, 0.05) is 5.69 Å². The lowest BCUT2D eigenvalue weighted by molar-refractivity contribution is -0.123. The first-order chi connectivity index (χ1) is 17.8. The summed E-state index contributed by atoms with van der Waals surface area (Å²) in [7, 11) is 0. The summed E-state index contributed by atoms with van der Waals surface area (Å²) in [6.07, 6.45) is 1.67. The van der Waals surface area contributed by atoms with Crippen molar-refractivity contribution in [2.75, 3.05) is 25.1 Å². The van der Waals surface area contributed by atoms with E-state index in [4.69, 9.17) is 9.47 Å². The highest BCUT2D eigenvalue weighted by Crippen LogP contribution is 2.32. The van der Waals surface area contributed by atoms with Crippen LogP contribution >= 0.6 is 11.8 Å². The molecule has 0 spiro atoms. The highest BCUT2D eigenvalue weighted by molar-refractivity contribution is 8.18. The predicted octanol–water partition coefficient (Wildman–Crippen LogP) is 5.74. The number of rotatable bonds is 9. The zero-order valence-electron chi connectivity index (χ0n) is 20.9. The Morgan fingerprint density at radius 3 is 2.32 bits per heavy atom. The standard InChI is InChI=1S/C29H28N2O5S/c1-19-7-11-23(12-8-19)35-16-15-31-28(33)26(37-29(31)34)17-22-9-13-24(14-10-22)36-18-27(32)30-25-6-4-5-20(2)21(25)3/h4-14,17H,15-16,18H2,1-3H3,(H,30,32)/b26-17-. The van der Waals surface area contributed by atoms with Crippen LogP contribution < -0.4 is 14.8 Å². The van der Waals surface area contributed by atoms with E-state index in [1.165, 1.54) is 4.90 Å². The molecule has 1 aliphatic rings. The topological polar surface area (TPSA) is 84.9 Å². The zero-order chi connectivity index (χ0) is 26.4. The number of imide groups is 1. The van der Waals surface area contributed by atoms with Gasteiger partial charge in [0.15, 0.2) is 6.61 Å². The van der Waals surface area contributed by atoms with Crippen LogP contribution in [0.2, 0.25) is 0 Å². The second-order valence-corrected chi connectivity index (χ2v) is 9.64. The Labute approximate surface area is 220 Å². The van der Waals surface area contributed by atoms with Crippen molar-refractivity contribution in [2.24, 2.45) is 0 Å². The molecule has 0 saturated carbocycles.